The van der Waals surface area contributed by atoms with E-state index in [2.05, 4.69) is 0 Å². The van der Waals surface area contributed by atoms with E-state index in [-0.39, 0.29) is 6.92 Å². The van der Waals surface area contributed by atoms with Gasteiger partial charge in [0, 0.05) is 5.57 Å². The molecule has 0 aromatic rings. The molecule has 0 aliphatic rings. The third-order valence-electron chi connectivity index (χ3n) is 5.72. The van der Waals surface area contributed by atoms with Gasteiger partial charge in [-0.2, -0.15) is 123 Å². The summed E-state index contributed by atoms with van der Waals surface area (Å²) in [6.07, 6.45) is -25.8. The van der Waals surface area contributed by atoms with Crippen molar-refractivity contribution in [3.8, 4) is 0 Å². The minimum Gasteiger partial charge on any atom is -0.413 e. The highest BCUT2D eigenvalue weighted by Crippen LogP contribution is 2.69. The Morgan fingerprint density at radius 2 is 0.592 bits per heavy atom. The van der Waals surface area contributed by atoms with Gasteiger partial charge in [0.15, 0.2) is 0 Å². The van der Waals surface area contributed by atoms with Gasteiger partial charge in [-0.1, -0.05) is 6.58 Å². The fourth-order valence-corrected chi connectivity index (χ4v) is 2.84. The Kier molecular flexibility index (Phi) is 10.7. The van der Waals surface area contributed by atoms with Crippen molar-refractivity contribution in [3.63, 3.8) is 0 Å². The monoisotopic (exact) mass is 804 g/mol. The van der Waals surface area contributed by atoms with Gasteiger partial charge < -0.3 is 4.74 Å². The quantitative estimate of drug-likeness (QED) is 0.112. The van der Waals surface area contributed by atoms with Crippen LogP contribution in [0.5, 0.6) is 0 Å². The first-order valence-electron chi connectivity index (χ1n) is 10.4. The number of ether oxygens (including phenoxy) is 1. The summed E-state index contributed by atoms with van der Waals surface area (Å²) in [6, 6.07) is 0. The zero-order valence-electron chi connectivity index (χ0n) is 21.5. The van der Waals surface area contributed by atoms with Crippen LogP contribution in [-0.4, -0.2) is 89.3 Å². The normalized spacial score (nSPS) is 17.5. The molecule has 2 nitrogen and oxygen atoms in total. The smallest absolute Gasteiger partial charge is 0.413 e. The molecular weight excluding hydrogens is 799 g/mol. The summed E-state index contributed by atoms with van der Waals surface area (Å²) in [6.45, 7) is 1.74. The van der Waals surface area contributed by atoms with Crippen molar-refractivity contribution in [3.05, 3.63) is 12.2 Å². The Bertz CT molecular complexity index is 1250. The van der Waals surface area contributed by atoms with Crippen molar-refractivity contribution < 1.29 is 137 Å². The van der Waals surface area contributed by atoms with E-state index < -0.39 is 94.9 Å². The zero-order chi connectivity index (χ0) is 40.9. The molecular formula is C18H5F29O2. The molecule has 1 unspecified atom stereocenters. The zero-order valence-corrected chi connectivity index (χ0v) is 21.5. The molecule has 0 N–H and O–H groups in total. The van der Waals surface area contributed by atoms with Gasteiger partial charge in [0.1, 0.15) is 0 Å². The van der Waals surface area contributed by atoms with E-state index in [4.69, 9.17) is 0 Å². The Hall–Kier alpha value is -2.82. The molecule has 0 saturated carbocycles. The standard InChI is InChI=1S/C18H5F29O2/c1-3(2)4(48)49-15(38,6(20,21)5(19,16(39,40)41)17(42,43)44)13(34,35)11(30,31)9(26,27)7(22,23)8(24,25)10(28,29)12(32,33)14(36,37)18(45,46)47/h1H2,2H3. The predicted molar refractivity (Wildman–Crippen MR) is 91.3 cm³/mol. The number of alkyl halides is 29. The average molecular weight is 804 g/mol. The predicted octanol–water partition coefficient (Wildman–Crippen LogP) is 9.88. The van der Waals surface area contributed by atoms with Crippen molar-refractivity contribution in [2.24, 2.45) is 0 Å². The highest BCUT2D eigenvalue weighted by molar-refractivity contribution is 5.87. The lowest BCUT2D eigenvalue weighted by molar-refractivity contribution is -0.498. The van der Waals surface area contributed by atoms with Crippen LogP contribution in [0.1, 0.15) is 6.92 Å². The van der Waals surface area contributed by atoms with E-state index in [1.807, 2.05) is 11.3 Å². The average Bonchev–Trinajstić information content (AvgIpc) is 2.84. The van der Waals surface area contributed by atoms with Crippen LogP contribution in [0.2, 0.25) is 0 Å². The first kappa shape index (κ1) is 46.2. The Balaban J connectivity index is 8.22. The number of hydrogen-bond acceptors (Lipinski definition) is 2. The van der Waals surface area contributed by atoms with Gasteiger partial charge in [0.25, 0.3) is 0 Å². The summed E-state index contributed by atoms with van der Waals surface area (Å²) in [5.74, 6) is -100. The molecule has 0 rings (SSSR count). The highest BCUT2D eigenvalue weighted by Gasteiger charge is 3.02. The number of carbonyl (C=O) groups is 1. The fraction of sp³-hybridized carbons (Fsp3) is 0.833. The third kappa shape index (κ3) is 5.55. The molecule has 0 aliphatic heterocycles. The molecule has 0 aliphatic carbocycles. The molecule has 292 valence electrons. The SMILES string of the molecule is C=C(C)C(=O)OC(F)(C(F)(F)C(F)(F)C(F)(F)C(F)(F)C(F)(F)C(F)(F)C(F)(F)C(F)(F)C(F)(F)F)C(F)(F)C(F)(C(F)(F)F)C(F)(F)F. The molecule has 0 spiro atoms. The van der Waals surface area contributed by atoms with Gasteiger partial charge in [-0.3, -0.25) is 0 Å². The van der Waals surface area contributed by atoms with E-state index >= 15 is 0 Å². The van der Waals surface area contributed by atoms with Crippen molar-refractivity contribution in [1.82, 2.24) is 0 Å². The minimum atomic E-state index is -10.0. The third-order valence-corrected chi connectivity index (χ3v) is 5.72. The van der Waals surface area contributed by atoms with E-state index in [9.17, 15) is 132 Å². The summed E-state index contributed by atoms with van der Waals surface area (Å²) < 4.78 is 393. The van der Waals surface area contributed by atoms with E-state index in [0.717, 1.165) is 0 Å². The van der Waals surface area contributed by atoms with Crippen LogP contribution in [0, 0.1) is 0 Å². The topological polar surface area (TPSA) is 26.3 Å². The van der Waals surface area contributed by atoms with Crippen LogP contribution in [-0.2, 0) is 9.53 Å². The number of halogens is 29. The molecule has 0 aromatic carbocycles. The Morgan fingerprint density at radius 3 is 0.796 bits per heavy atom. The second-order valence-electron chi connectivity index (χ2n) is 9.09. The molecule has 0 radical (unpaired) electrons. The van der Waals surface area contributed by atoms with E-state index in [1.54, 1.807) is 0 Å². The lowest BCUT2D eigenvalue weighted by Gasteiger charge is -2.48. The maximum Gasteiger partial charge on any atom is 0.460 e. The number of carbonyl (C=O) groups excluding carboxylic acids is 1. The lowest BCUT2D eigenvalue weighted by Crippen LogP contribution is -2.81. The van der Waals surface area contributed by atoms with Gasteiger partial charge in [-0.05, 0) is 6.92 Å². The van der Waals surface area contributed by atoms with Crippen LogP contribution >= 0.6 is 0 Å². The van der Waals surface area contributed by atoms with Crippen LogP contribution in [0.25, 0.3) is 0 Å². The van der Waals surface area contributed by atoms with Crippen molar-refractivity contribution in [2.45, 2.75) is 90.3 Å². The van der Waals surface area contributed by atoms with Crippen LogP contribution in [0.3, 0.4) is 0 Å². The van der Waals surface area contributed by atoms with Gasteiger partial charge in [0.05, 0.1) is 0 Å². The molecule has 1 atom stereocenters. The Labute approximate surface area is 246 Å². The molecule has 0 aromatic heterocycles. The summed E-state index contributed by atoms with van der Waals surface area (Å²) >= 11 is 0. The fourth-order valence-electron chi connectivity index (χ4n) is 2.84. The van der Waals surface area contributed by atoms with Gasteiger partial charge in [-0.15, -0.1) is 0 Å². The molecule has 0 saturated heterocycles. The first-order chi connectivity index (χ1) is 20.6. The largest absolute Gasteiger partial charge is 0.460 e. The number of esters is 1. The maximum atomic E-state index is 15.0. The van der Waals surface area contributed by atoms with Crippen LogP contribution in [0.4, 0.5) is 127 Å². The summed E-state index contributed by atoms with van der Waals surface area (Å²) in [5.41, 5.74) is -11.5. The molecule has 49 heavy (non-hydrogen) atoms. The highest BCUT2D eigenvalue weighted by atomic mass is 19.4. The lowest BCUT2D eigenvalue weighted by atomic mass is 9.81. The molecule has 0 bridgehead atoms. The molecule has 0 amide bonds. The van der Waals surface area contributed by atoms with E-state index in [0.29, 0.717) is 0 Å². The summed E-state index contributed by atoms with van der Waals surface area (Å²) in [5, 5.41) is 0. The maximum absolute atomic E-state index is 15.0. The molecule has 0 heterocycles. The second kappa shape index (κ2) is 11.3. The van der Waals surface area contributed by atoms with E-state index in [1.165, 1.54) is 0 Å². The number of rotatable bonds is 12. The van der Waals surface area contributed by atoms with Crippen molar-refractivity contribution >= 4 is 5.97 Å². The van der Waals surface area contributed by atoms with Gasteiger partial charge in [-0.25, -0.2) is 9.18 Å². The second-order valence-corrected chi connectivity index (χ2v) is 9.09. The number of hydrogen-bond donors (Lipinski definition) is 0. The van der Waals surface area contributed by atoms with Crippen molar-refractivity contribution in [1.29, 1.82) is 0 Å². The van der Waals surface area contributed by atoms with Crippen LogP contribution < -0.4 is 0 Å². The van der Waals surface area contributed by atoms with Gasteiger partial charge in [0.2, 0.25) is 0 Å². The molecule has 0 fully saturated rings. The minimum absolute atomic E-state index is 0.268. The summed E-state index contributed by atoms with van der Waals surface area (Å²) in [4.78, 5) is 11.3. The van der Waals surface area contributed by atoms with Gasteiger partial charge >= 0.3 is 89.3 Å². The van der Waals surface area contributed by atoms with Crippen LogP contribution in [0.15, 0.2) is 12.2 Å². The summed E-state index contributed by atoms with van der Waals surface area (Å²) in [7, 11) is 0. The van der Waals surface area contributed by atoms with Crippen molar-refractivity contribution in [2.75, 3.05) is 0 Å². The molecule has 31 heteroatoms. The first-order valence-corrected chi connectivity index (χ1v) is 10.4. The Morgan fingerprint density at radius 1 is 0.367 bits per heavy atom.